The van der Waals surface area contributed by atoms with E-state index in [1.54, 1.807) is 72.8 Å². The van der Waals surface area contributed by atoms with Crippen LogP contribution in [0, 0.1) is 0 Å². The number of H-pyrrole nitrogens is 2. The summed E-state index contributed by atoms with van der Waals surface area (Å²) < 4.78 is 123. The first-order valence-electron chi connectivity index (χ1n) is 18.6. The van der Waals surface area contributed by atoms with Crippen LogP contribution in [-0.4, -0.2) is 19.9 Å². The molecule has 0 amide bonds. The third-order valence-electron chi connectivity index (χ3n) is 10.5. The molecular weight excluding hydrogens is 806 g/mol. The second-order valence-electron chi connectivity index (χ2n) is 14.3. The fraction of sp³-hybridized carbons (Fsp3) is 0.0638. The Morgan fingerprint density at radius 2 is 0.557 bits per heavy atom. The quantitative estimate of drug-likeness (QED) is 0.122. The van der Waals surface area contributed by atoms with Crippen LogP contribution >= 0.6 is 0 Å². The van der Waals surface area contributed by atoms with Gasteiger partial charge in [0.2, 0.25) is 0 Å². The zero-order valence-corrected chi connectivity index (χ0v) is 31.2. The molecule has 0 atom stereocenters. The van der Waals surface area contributed by atoms with Gasteiger partial charge in [-0.2, -0.15) is 39.5 Å². The highest BCUT2D eigenvalue weighted by molar-refractivity contribution is 6.00. The number of benzene rings is 4. The van der Waals surface area contributed by atoms with Crippen molar-refractivity contribution in [2.75, 3.05) is 5.73 Å². The van der Waals surface area contributed by atoms with Gasteiger partial charge >= 0.3 is 18.5 Å². The number of hydrogen-bond donors (Lipinski definition) is 3. The molecule has 61 heavy (non-hydrogen) atoms. The molecular formula is C47H28F9N5. The summed E-state index contributed by atoms with van der Waals surface area (Å²) in [5.41, 5.74) is 11.0. The Kier molecular flexibility index (Phi) is 9.26. The van der Waals surface area contributed by atoms with Crippen LogP contribution in [0.3, 0.4) is 0 Å². The number of alkyl halides is 9. The van der Waals surface area contributed by atoms with Crippen molar-refractivity contribution in [3.05, 3.63) is 161 Å². The maximum Gasteiger partial charge on any atom is 0.416 e. The van der Waals surface area contributed by atoms with Crippen LogP contribution in [0.25, 0.3) is 90.9 Å². The monoisotopic (exact) mass is 833 g/mol. The number of anilines is 1. The van der Waals surface area contributed by atoms with Crippen molar-refractivity contribution >= 4 is 52.1 Å². The van der Waals surface area contributed by atoms with Crippen LogP contribution in [0.1, 0.15) is 39.5 Å². The number of nitrogen functional groups attached to an aromatic ring is 1. The van der Waals surface area contributed by atoms with E-state index in [9.17, 15) is 39.5 Å². The van der Waals surface area contributed by atoms with Gasteiger partial charge in [-0.05, 0) is 119 Å². The highest BCUT2D eigenvalue weighted by Crippen LogP contribution is 2.41. The van der Waals surface area contributed by atoms with Gasteiger partial charge in [0.05, 0.1) is 39.5 Å². The van der Waals surface area contributed by atoms with Crippen molar-refractivity contribution in [2.45, 2.75) is 18.5 Å². The number of fused-ring (bicyclic) bond motifs is 8. The number of nitrogens with zero attached hydrogens (tertiary/aromatic N) is 2. The van der Waals surface area contributed by atoms with E-state index in [4.69, 9.17) is 15.7 Å². The smallest absolute Gasteiger partial charge is 0.399 e. The average Bonchev–Trinajstić information content (AvgIpc) is 4.06. The van der Waals surface area contributed by atoms with Crippen LogP contribution in [0.4, 0.5) is 45.2 Å². The van der Waals surface area contributed by atoms with Crippen LogP contribution in [0.2, 0.25) is 0 Å². The molecule has 2 aliphatic heterocycles. The fourth-order valence-electron chi connectivity index (χ4n) is 7.55. The molecule has 3 aromatic heterocycles. The molecule has 7 aromatic rings. The molecule has 0 fully saturated rings. The van der Waals surface area contributed by atoms with E-state index in [1.807, 2.05) is 0 Å². The summed E-state index contributed by atoms with van der Waals surface area (Å²) in [4.78, 5) is 16.8. The van der Waals surface area contributed by atoms with Crippen LogP contribution in [0.5, 0.6) is 0 Å². The lowest BCUT2D eigenvalue weighted by Gasteiger charge is -2.10. The van der Waals surface area contributed by atoms with Gasteiger partial charge in [0.15, 0.2) is 0 Å². The van der Waals surface area contributed by atoms with E-state index in [2.05, 4.69) is 9.97 Å². The highest BCUT2D eigenvalue weighted by Gasteiger charge is 2.32. The molecule has 2 aliphatic rings. The standard InChI is InChI=1S/C47H28F9N5/c48-45(49,50)29-9-1-25(2-10-29)41-33-17-19-35(58-33)42(26-3-11-30(12-4-26)46(51,52)53)37-21-23-39(60-37)44(28-7-15-32(57)16-8-28)40-24-22-38(61-40)43(36-20-18-34(41)59-36)27-5-13-31(14-6-27)47(54,55)56/h1-24,58,61H,57H2. The van der Waals surface area contributed by atoms with E-state index < -0.39 is 35.2 Å². The lowest BCUT2D eigenvalue weighted by atomic mass is 10.0. The summed E-state index contributed by atoms with van der Waals surface area (Å²) in [5, 5.41) is 0. The van der Waals surface area contributed by atoms with E-state index in [1.165, 1.54) is 36.4 Å². The zero-order chi connectivity index (χ0) is 42.8. The number of halogens is 9. The van der Waals surface area contributed by atoms with Gasteiger partial charge in [-0.1, -0.05) is 48.5 Å². The van der Waals surface area contributed by atoms with E-state index in [-0.39, 0.29) is 0 Å². The molecule has 14 heteroatoms. The summed E-state index contributed by atoms with van der Waals surface area (Å²) in [5.74, 6) is 0. The Morgan fingerprint density at radius 3 is 0.787 bits per heavy atom. The summed E-state index contributed by atoms with van der Waals surface area (Å²) >= 11 is 0. The molecule has 5 nitrogen and oxygen atoms in total. The van der Waals surface area contributed by atoms with Crippen LogP contribution in [0.15, 0.2) is 121 Å². The fourth-order valence-corrected chi connectivity index (χ4v) is 7.55. The topological polar surface area (TPSA) is 83.4 Å². The normalized spacial score (nSPS) is 12.9. The summed E-state index contributed by atoms with van der Waals surface area (Å²) in [6.45, 7) is 0. The van der Waals surface area contributed by atoms with Crippen molar-refractivity contribution < 1.29 is 39.5 Å². The number of nitrogens with two attached hydrogens (primary N) is 1. The van der Waals surface area contributed by atoms with Gasteiger partial charge in [-0.15, -0.1) is 0 Å². The summed E-state index contributed by atoms with van der Waals surface area (Å²) in [6.07, 6.45) is -6.97. The van der Waals surface area contributed by atoms with E-state index in [0.29, 0.717) is 95.0 Å². The van der Waals surface area contributed by atoms with Gasteiger partial charge in [0.1, 0.15) is 0 Å². The van der Waals surface area contributed by atoms with Gasteiger partial charge in [-0.25, -0.2) is 9.97 Å². The Balaban J connectivity index is 1.42. The Hall–Kier alpha value is -7.35. The molecule has 0 unspecified atom stereocenters. The summed E-state index contributed by atoms with van der Waals surface area (Å²) in [6, 6.07) is 27.8. The van der Waals surface area contributed by atoms with Gasteiger partial charge in [-0.3, -0.25) is 0 Å². The minimum atomic E-state index is -4.61. The Morgan fingerprint density at radius 1 is 0.328 bits per heavy atom. The third-order valence-corrected chi connectivity index (χ3v) is 10.5. The second kappa shape index (κ2) is 14.4. The lowest BCUT2D eigenvalue weighted by Crippen LogP contribution is -2.04. The molecule has 9 rings (SSSR count). The number of rotatable bonds is 4. The van der Waals surface area contributed by atoms with Gasteiger partial charge in [0.25, 0.3) is 0 Å². The zero-order valence-electron chi connectivity index (χ0n) is 31.2. The molecule has 0 saturated heterocycles. The van der Waals surface area contributed by atoms with E-state index >= 15 is 0 Å². The van der Waals surface area contributed by atoms with Crippen molar-refractivity contribution in [3.63, 3.8) is 0 Å². The second-order valence-corrected chi connectivity index (χ2v) is 14.3. The predicted octanol–water partition coefficient (Wildman–Crippen LogP) is 14.0. The highest BCUT2D eigenvalue weighted by atomic mass is 19.4. The molecule has 4 N–H and O–H groups in total. The van der Waals surface area contributed by atoms with Crippen LogP contribution in [-0.2, 0) is 18.5 Å². The van der Waals surface area contributed by atoms with Crippen molar-refractivity contribution in [1.82, 2.24) is 19.9 Å². The van der Waals surface area contributed by atoms with Crippen molar-refractivity contribution in [2.24, 2.45) is 0 Å². The number of aromatic amines is 2. The molecule has 0 spiro atoms. The van der Waals surface area contributed by atoms with Crippen LogP contribution < -0.4 is 5.73 Å². The van der Waals surface area contributed by atoms with Gasteiger partial charge in [0, 0.05) is 50.0 Å². The first-order valence-corrected chi connectivity index (χ1v) is 18.6. The predicted molar refractivity (Wildman–Crippen MR) is 220 cm³/mol. The molecule has 304 valence electrons. The molecule has 8 bridgehead atoms. The number of aromatic nitrogens is 4. The minimum absolute atomic E-state index is 0.311. The van der Waals surface area contributed by atoms with E-state index in [0.717, 1.165) is 36.4 Å². The third kappa shape index (κ3) is 7.45. The number of hydrogen-bond acceptors (Lipinski definition) is 3. The molecule has 5 heterocycles. The molecule has 4 aromatic carbocycles. The average molecular weight is 834 g/mol. The first kappa shape index (κ1) is 39.1. The molecule has 0 saturated carbocycles. The minimum Gasteiger partial charge on any atom is -0.399 e. The maximum absolute atomic E-state index is 13.7. The SMILES string of the molecule is Nc1ccc(-c2c3nc(c(-c4ccc(C(F)(F)F)cc4)c4ccc([nH]4)c(-c4ccc(C(F)(F)F)cc4)c4nc(c(-c5ccc(C(F)(F)F)cc5)c5ccc2[nH]5)C=C4)C=C3)cc1. The lowest BCUT2D eigenvalue weighted by molar-refractivity contribution is -0.138. The largest absolute Gasteiger partial charge is 0.416 e. The summed E-state index contributed by atoms with van der Waals surface area (Å²) in [7, 11) is 0. The molecule has 0 aliphatic carbocycles. The Labute approximate surface area is 340 Å². The van der Waals surface area contributed by atoms with Crippen molar-refractivity contribution in [1.29, 1.82) is 0 Å². The number of nitrogens with one attached hydrogen (secondary N) is 2. The Bertz CT molecular complexity index is 3000. The first-order chi connectivity index (χ1) is 29.0. The maximum atomic E-state index is 13.7. The van der Waals surface area contributed by atoms with Gasteiger partial charge < -0.3 is 15.7 Å². The molecule has 0 radical (unpaired) electrons. The van der Waals surface area contributed by atoms with Crippen molar-refractivity contribution in [3.8, 4) is 44.5 Å².